The number of nitrogens with zero attached hydrogens (tertiary/aromatic N) is 2. The van der Waals surface area contributed by atoms with E-state index in [1.807, 2.05) is 67.6 Å². The molecule has 0 fully saturated rings. The van der Waals surface area contributed by atoms with Crippen molar-refractivity contribution in [1.29, 1.82) is 0 Å². The zero-order chi connectivity index (χ0) is 26.0. The van der Waals surface area contributed by atoms with Gasteiger partial charge < -0.3 is 15.1 Å². The first-order valence-corrected chi connectivity index (χ1v) is 13.6. The van der Waals surface area contributed by atoms with Crippen molar-refractivity contribution in [2.75, 3.05) is 13.1 Å². The number of amides is 1. The summed E-state index contributed by atoms with van der Waals surface area (Å²) in [6, 6.07) is 26.4. The van der Waals surface area contributed by atoms with Crippen LogP contribution in [0.15, 0.2) is 95.9 Å². The van der Waals surface area contributed by atoms with Gasteiger partial charge in [0.1, 0.15) is 5.72 Å². The highest BCUT2D eigenvalue weighted by atomic mass is 32.2. The monoisotopic (exact) mass is 510 g/mol. The lowest BCUT2D eigenvalue weighted by Crippen LogP contribution is -2.55. The van der Waals surface area contributed by atoms with Crippen molar-refractivity contribution >= 4 is 16.1 Å². The van der Waals surface area contributed by atoms with Crippen LogP contribution in [0.4, 0.5) is 4.79 Å². The molecule has 0 aliphatic rings. The van der Waals surface area contributed by atoms with E-state index in [-0.39, 0.29) is 37.4 Å². The third kappa shape index (κ3) is 7.16. The molecule has 7 nitrogen and oxygen atoms in total. The number of carboxylic acid groups (broad SMARTS) is 1. The van der Waals surface area contributed by atoms with Crippen LogP contribution in [0.1, 0.15) is 37.3 Å². The molecule has 192 valence electrons. The Hall–Kier alpha value is -3.20. The average molecular weight is 511 g/mol. The molecule has 1 unspecified atom stereocenters. The lowest BCUT2D eigenvalue weighted by Gasteiger charge is -2.40. The van der Waals surface area contributed by atoms with E-state index < -0.39 is 21.8 Å². The van der Waals surface area contributed by atoms with E-state index in [1.165, 1.54) is 17.0 Å². The number of hydrogen-bond donors (Lipinski definition) is 2. The number of benzene rings is 3. The maximum Gasteiger partial charge on any atom is 0.407 e. The number of aliphatic hydroxyl groups is 1. The minimum absolute atomic E-state index is 0.0302. The molecule has 0 heterocycles. The van der Waals surface area contributed by atoms with E-state index in [0.717, 1.165) is 21.9 Å². The maximum absolute atomic E-state index is 13.8. The molecule has 0 saturated carbocycles. The molecule has 3 aromatic carbocycles. The molecular formula is C28H34N2O5S. The molecule has 0 saturated heterocycles. The molecule has 0 aliphatic carbocycles. The molecule has 3 rings (SSSR count). The summed E-state index contributed by atoms with van der Waals surface area (Å²) in [5.74, 6) is 0. The van der Waals surface area contributed by atoms with Crippen molar-refractivity contribution in [3.05, 3.63) is 102 Å². The number of carbonyl (C=O) groups is 1. The molecule has 0 aromatic heterocycles. The van der Waals surface area contributed by atoms with Crippen LogP contribution < -0.4 is 0 Å². The van der Waals surface area contributed by atoms with Crippen LogP contribution in [0, 0.1) is 0 Å². The molecule has 0 bridgehead atoms. The predicted octanol–water partition coefficient (Wildman–Crippen LogP) is 4.98. The van der Waals surface area contributed by atoms with Crippen LogP contribution in [0.25, 0.3) is 0 Å². The highest BCUT2D eigenvalue weighted by molar-refractivity contribution is 7.89. The van der Waals surface area contributed by atoms with Gasteiger partial charge in [0.05, 0.1) is 4.90 Å². The quantitative estimate of drug-likeness (QED) is 0.316. The number of sulfonamides is 1. The fourth-order valence-electron chi connectivity index (χ4n) is 4.16. The third-order valence-corrected chi connectivity index (χ3v) is 8.08. The summed E-state index contributed by atoms with van der Waals surface area (Å²) in [5, 5.41) is 21.9. The van der Waals surface area contributed by atoms with Crippen LogP contribution in [-0.2, 0) is 23.0 Å². The van der Waals surface area contributed by atoms with E-state index in [2.05, 4.69) is 0 Å². The Balaban J connectivity index is 1.98. The Morgan fingerprint density at radius 2 is 1.36 bits per heavy atom. The van der Waals surface area contributed by atoms with E-state index in [9.17, 15) is 23.4 Å². The first-order valence-electron chi connectivity index (χ1n) is 12.1. The number of hydrogen-bond acceptors (Lipinski definition) is 4. The minimum atomic E-state index is -4.06. The van der Waals surface area contributed by atoms with Crippen LogP contribution in [0.2, 0.25) is 0 Å². The second-order valence-electron chi connectivity index (χ2n) is 8.83. The Kier molecular flexibility index (Phi) is 9.64. The summed E-state index contributed by atoms with van der Waals surface area (Å²) in [7, 11) is -4.06. The number of unbranched alkanes of at least 4 members (excludes halogenated alkanes) is 1. The van der Waals surface area contributed by atoms with Gasteiger partial charge in [-0.25, -0.2) is 13.2 Å². The second-order valence-corrected chi connectivity index (χ2v) is 10.7. The van der Waals surface area contributed by atoms with Crippen molar-refractivity contribution in [1.82, 2.24) is 9.21 Å². The SMILES string of the molecule is CCCCN(C(O)(CCN(Cc1ccccc1)C(=O)O)Cc1ccccc1)S(=O)(=O)c1ccccc1. The molecule has 0 aliphatic heterocycles. The first-order chi connectivity index (χ1) is 17.3. The van der Waals surface area contributed by atoms with Gasteiger partial charge in [-0.3, -0.25) is 0 Å². The fraction of sp³-hybridized carbons (Fsp3) is 0.321. The summed E-state index contributed by atoms with van der Waals surface area (Å²) in [6.45, 7) is 2.16. The van der Waals surface area contributed by atoms with Gasteiger partial charge in [-0.05, 0) is 29.7 Å². The van der Waals surface area contributed by atoms with Gasteiger partial charge in [-0.1, -0.05) is 92.2 Å². The van der Waals surface area contributed by atoms with Crippen LogP contribution in [0.3, 0.4) is 0 Å². The third-order valence-electron chi connectivity index (χ3n) is 6.11. The minimum Gasteiger partial charge on any atom is -0.465 e. The smallest absolute Gasteiger partial charge is 0.407 e. The maximum atomic E-state index is 13.8. The van der Waals surface area contributed by atoms with E-state index in [1.54, 1.807) is 18.2 Å². The summed E-state index contributed by atoms with van der Waals surface area (Å²) in [6.07, 6.45) is 0.0962. The highest BCUT2D eigenvalue weighted by Gasteiger charge is 2.42. The van der Waals surface area contributed by atoms with E-state index in [0.29, 0.717) is 6.42 Å². The van der Waals surface area contributed by atoms with Gasteiger partial charge in [0.25, 0.3) is 0 Å². The molecule has 0 radical (unpaired) electrons. The van der Waals surface area contributed by atoms with Gasteiger partial charge in [0.2, 0.25) is 10.0 Å². The molecule has 2 N–H and O–H groups in total. The van der Waals surface area contributed by atoms with E-state index in [4.69, 9.17) is 0 Å². The van der Waals surface area contributed by atoms with Crippen LogP contribution in [-0.4, -0.2) is 52.7 Å². The lowest BCUT2D eigenvalue weighted by atomic mass is 9.98. The lowest BCUT2D eigenvalue weighted by molar-refractivity contribution is -0.0719. The Morgan fingerprint density at radius 1 is 0.833 bits per heavy atom. The fourth-order valence-corrected chi connectivity index (χ4v) is 5.89. The van der Waals surface area contributed by atoms with Crippen molar-refractivity contribution in [3.8, 4) is 0 Å². The zero-order valence-corrected chi connectivity index (χ0v) is 21.3. The molecule has 0 spiro atoms. The van der Waals surface area contributed by atoms with Crippen molar-refractivity contribution in [2.24, 2.45) is 0 Å². The molecule has 1 atom stereocenters. The average Bonchev–Trinajstić information content (AvgIpc) is 2.88. The standard InChI is InChI=1S/C28H34N2O5S/c1-2-3-20-30(36(34,35)26-17-11-6-12-18-26)28(33,22-24-13-7-4-8-14-24)19-21-29(27(31)32)23-25-15-9-5-10-16-25/h4-18,33H,2-3,19-23H2,1H3,(H,31,32). The molecule has 1 amide bonds. The van der Waals surface area contributed by atoms with Crippen molar-refractivity contribution in [3.63, 3.8) is 0 Å². The van der Waals surface area contributed by atoms with Crippen LogP contribution in [0.5, 0.6) is 0 Å². The summed E-state index contributed by atoms with van der Waals surface area (Å²) >= 11 is 0. The Morgan fingerprint density at radius 3 is 1.89 bits per heavy atom. The predicted molar refractivity (Wildman–Crippen MR) is 140 cm³/mol. The molecule has 8 heteroatoms. The summed E-state index contributed by atoms with van der Waals surface area (Å²) in [5.41, 5.74) is -0.267. The molecule has 3 aromatic rings. The van der Waals surface area contributed by atoms with Gasteiger partial charge >= 0.3 is 6.09 Å². The second kappa shape index (κ2) is 12.7. The van der Waals surface area contributed by atoms with Gasteiger partial charge in [-0.2, -0.15) is 4.31 Å². The Labute approximate surface area is 213 Å². The summed E-state index contributed by atoms with van der Waals surface area (Å²) < 4.78 is 28.7. The largest absolute Gasteiger partial charge is 0.465 e. The number of rotatable bonds is 13. The van der Waals surface area contributed by atoms with Gasteiger partial charge in [-0.15, -0.1) is 0 Å². The topological polar surface area (TPSA) is 98.2 Å². The zero-order valence-electron chi connectivity index (χ0n) is 20.5. The molecular weight excluding hydrogens is 476 g/mol. The highest BCUT2D eigenvalue weighted by Crippen LogP contribution is 2.30. The Bertz CT molecular complexity index is 1190. The van der Waals surface area contributed by atoms with Gasteiger partial charge in [0.15, 0.2) is 0 Å². The first kappa shape index (κ1) is 27.4. The molecule has 36 heavy (non-hydrogen) atoms. The van der Waals surface area contributed by atoms with Crippen molar-refractivity contribution < 1.29 is 23.4 Å². The van der Waals surface area contributed by atoms with Crippen LogP contribution >= 0.6 is 0 Å². The van der Waals surface area contributed by atoms with Gasteiger partial charge in [0, 0.05) is 32.5 Å². The summed E-state index contributed by atoms with van der Waals surface area (Å²) in [4.78, 5) is 13.3. The van der Waals surface area contributed by atoms with E-state index >= 15 is 0 Å². The normalized spacial score (nSPS) is 13.3. The van der Waals surface area contributed by atoms with Crippen molar-refractivity contribution in [2.45, 2.75) is 49.8 Å².